The molecular formula is C28H28N2O7. The minimum atomic E-state index is -0.803. The molecule has 3 heterocycles. The summed E-state index contributed by atoms with van der Waals surface area (Å²) in [6.45, 7) is 2.21. The Morgan fingerprint density at radius 3 is 2.78 bits per heavy atom. The number of hydrogen-bond donors (Lipinski definition) is 2. The standard InChI is InChI=1S/C28H28N2O7/c1-16-10-22(31)26(28(33)30(16)9-8-17-14-29-21-7-5-4-6-19(17)21)20(13-25(32)35-3)18-11-23(34-2)27-24(12-18)36-15-37-27/h4-7,10-12,14,20,29,31H,8-9,13,15H2,1-3H3/t20-/m1/s1. The second-order valence-electron chi connectivity index (χ2n) is 8.94. The highest BCUT2D eigenvalue weighted by Gasteiger charge is 2.30. The maximum absolute atomic E-state index is 13.9. The van der Waals surface area contributed by atoms with Gasteiger partial charge in [-0.25, -0.2) is 0 Å². The van der Waals surface area contributed by atoms with Crippen LogP contribution in [0.25, 0.3) is 10.9 Å². The van der Waals surface area contributed by atoms with Crippen molar-refractivity contribution in [2.24, 2.45) is 0 Å². The van der Waals surface area contributed by atoms with E-state index in [0.717, 1.165) is 16.5 Å². The molecule has 0 spiro atoms. The number of aromatic amines is 1. The van der Waals surface area contributed by atoms with Crippen molar-refractivity contribution in [3.05, 3.63) is 81.4 Å². The lowest BCUT2D eigenvalue weighted by atomic mass is 9.87. The molecule has 2 aromatic carbocycles. The minimum absolute atomic E-state index is 0.0350. The number of fused-ring (bicyclic) bond motifs is 2. The number of methoxy groups -OCH3 is 2. The number of pyridine rings is 1. The molecule has 0 unspecified atom stereocenters. The third-order valence-electron chi connectivity index (χ3n) is 6.83. The van der Waals surface area contributed by atoms with E-state index in [1.165, 1.54) is 14.2 Å². The van der Waals surface area contributed by atoms with Crippen molar-refractivity contribution in [1.82, 2.24) is 9.55 Å². The Morgan fingerprint density at radius 2 is 2.00 bits per heavy atom. The number of aromatic nitrogens is 2. The Morgan fingerprint density at radius 1 is 1.19 bits per heavy atom. The van der Waals surface area contributed by atoms with E-state index in [0.29, 0.717) is 41.5 Å². The van der Waals surface area contributed by atoms with Crippen LogP contribution in [-0.2, 0) is 22.5 Å². The van der Waals surface area contributed by atoms with E-state index < -0.39 is 11.9 Å². The van der Waals surface area contributed by atoms with Crippen molar-refractivity contribution < 1.29 is 28.8 Å². The normalized spacial score (nSPS) is 13.1. The second kappa shape index (κ2) is 9.93. The van der Waals surface area contributed by atoms with E-state index in [2.05, 4.69) is 4.98 Å². The molecule has 4 aromatic rings. The average molecular weight is 505 g/mol. The monoisotopic (exact) mass is 504 g/mol. The van der Waals surface area contributed by atoms with Gasteiger partial charge in [0.2, 0.25) is 12.5 Å². The number of aromatic hydroxyl groups is 1. The van der Waals surface area contributed by atoms with Crippen LogP contribution in [0.5, 0.6) is 23.0 Å². The third kappa shape index (κ3) is 4.48. The van der Waals surface area contributed by atoms with Crippen molar-refractivity contribution in [3.63, 3.8) is 0 Å². The molecule has 1 aliphatic rings. The van der Waals surface area contributed by atoms with Gasteiger partial charge in [-0.1, -0.05) is 18.2 Å². The van der Waals surface area contributed by atoms with Gasteiger partial charge >= 0.3 is 5.97 Å². The molecule has 0 saturated heterocycles. The number of benzene rings is 2. The van der Waals surface area contributed by atoms with Crippen LogP contribution >= 0.6 is 0 Å². The van der Waals surface area contributed by atoms with Crippen molar-refractivity contribution in [1.29, 1.82) is 0 Å². The molecule has 37 heavy (non-hydrogen) atoms. The number of para-hydroxylation sites is 1. The average Bonchev–Trinajstić information content (AvgIpc) is 3.54. The predicted molar refractivity (Wildman–Crippen MR) is 137 cm³/mol. The van der Waals surface area contributed by atoms with Crippen LogP contribution in [0.1, 0.15) is 34.7 Å². The maximum Gasteiger partial charge on any atom is 0.306 e. The molecular weight excluding hydrogens is 476 g/mol. The summed E-state index contributed by atoms with van der Waals surface area (Å²) >= 11 is 0. The molecule has 0 fully saturated rings. The van der Waals surface area contributed by atoms with Gasteiger partial charge < -0.3 is 33.6 Å². The van der Waals surface area contributed by atoms with Gasteiger partial charge in [0.15, 0.2) is 11.5 Å². The smallest absolute Gasteiger partial charge is 0.306 e. The third-order valence-corrected chi connectivity index (χ3v) is 6.83. The van der Waals surface area contributed by atoms with E-state index in [1.54, 1.807) is 29.7 Å². The van der Waals surface area contributed by atoms with E-state index in [-0.39, 0.29) is 30.1 Å². The second-order valence-corrected chi connectivity index (χ2v) is 8.94. The molecule has 2 N–H and O–H groups in total. The van der Waals surface area contributed by atoms with Gasteiger partial charge in [0, 0.05) is 35.3 Å². The molecule has 5 rings (SSSR count). The first kappa shape index (κ1) is 24.3. The molecule has 9 heteroatoms. The highest BCUT2D eigenvalue weighted by atomic mass is 16.7. The molecule has 9 nitrogen and oxygen atoms in total. The summed E-state index contributed by atoms with van der Waals surface area (Å²) < 4.78 is 23.1. The molecule has 1 aliphatic heterocycles. The Kier molecular flexibility index (Phi) is 6.52. The number of carbonyl (C=O) groups excluding carboxylic acids is 1. The Labute approximate surface area is 213 Å². The van der Waals surface area contributed by atoms with Crippen LogP contribution in [0, 0.1) is 6.92 Å². The van der Waals surface area contributed by atoms with Gasteiger partial charge in [-0.05, 0) is 48.7 Å². The lowest BCUT2D eigenvalue weighted by Crippen LogP contribution is -2.29. The van der Waals surface area contributed by atoms with Gasteiger partial charge in [-0.15, -0.1) is 0 Å². The fourth-order valence-corrected chi connectivity index (χ4v) is 4.93. The van der Waals surface area contributed by atoms with Crippen molar-refractivity contribution in [3.8, 4) is 23.0 Å². The summed E-state index contributed by atoms with van der Waals surface area (Å²) in [5, 5.41) is 12.1. The largest absolute Gasteiger partial charge is 0.507 e. The van der Waals surface area contributed by atoms with Crippen molar-refractivity contribution in [2.75, 3.05) is 21.0 Å². The quantitative estimate of drug-likeness (QED) is 0.349. The van der Waals surface area contributed by atoms with E-state index >= 15 is 0 Å². The highest BCUT2D eigenvalue weighted by molar-refractivity contribution is 5.83. The summed E-state index contributed by atoms with van der Waals surface area (Å²) in [6.07, 6.45) is 2.40. The first-order valence-electron chi connectivity index (χ1n) is 11.9. The molecule has 192 valence electrons. The Hall–Kier alpha value is -4.40. The molecule has 0 saturated carbocycles. The number of esters is 1. The summed E-state index contributed by atoms with van der Waals surface area (Å²) in [5.41, 5.74) is 3.03. The topological polar surface area (TPSA) is 112 Å². The van der Waals surface area contributed by atoms with Gasteiger partial charge in [0.25, 0.3) is 5.56 Å². The predicted octanol–water partition coefficient (Wildman–Crippen LogP) is 4.02. The van der Waals surface area contributed by atoms with Crippen LogP contribution < -0.4 is 19.8 Å². The number of carbonyl (C=O) groups is 1. The summed E-state index contributed by atoms with van der Waals surface area (Å²) in [5.74, 6) is -0.208. The van der Waals surface area contributed by atoms with E-state index in [1.807, 2.05) is 30.5 Å². The fraction of sp³-hybridized carbons (Fsp3) is 0.286. The number of H-pyrrole nitrogens is 1. The minimum Gasteiger partial charge on any atom is -0.507 e. The van der Waals surface area contributed by atoms with E-state index in [4.69, 9.17) is 18.9 Å². The molecule has 0 amide bonds. The summed E-state index contributed by atoms with van der Waals surface area (Å²) in [6, 6.07) is 12.9. The Bertz CT molecular complexity index is 1540. The number of nitrogens with one attached hydrogen (secondary N) is 1. The molecule has 0 radical (unpaired) electrons. The number of aryl methyl sites for hydroxylation is 2. The van der Waals surface area contributed by atoms with Crippen LogP contribution in [0.2, 0.25) is 0 Å². The molecule has 2 aromatic heterocycles. The van der Waals surface area contributed by atoms with Crippen molar-refractivity contribution >= 4 is 16.9 Å². The molecule has 0 aliphatic carbocycles. The molecule has 0 bridgehead atoms. The fourth-order valence-electron chi connectivity index (χ4n) is 4.93. The summed E-state index contributed by atoms with van der Waals surface area (Å²) in [7, 11) is 2.78. The van der Waals surface area contributed by atoms with Gasteiger partial charge in [-0.3, -0.25) is 9.59 Å². The van der Waals surface area contributed by atoms with Gasteiger partial charge in [-0.2, -0.15) is 0 Å². The van der Waals surface area contributed by atoms with Crippen LogP contribution in [-0.4, -0.2) is 41.6 Å². The number of rotatable bonds is 8. The Balaban J connectivity index is 1.57. The lowest BCUT2D eigenvalue weighted by Gasteiger charge is -2.21. The maximum atomic E-state index is 13.9. The number of nitrogens with zero attached hydrogens (tertiary/aromatic N) is 1. The van der Waals surface area contributed by atoms with Gasteiger partial charge in [0.1, 0.15) is 5.75 Å². The first-order chi connectivity index (χ1) is 17.9. The first-order valence-corrected chi connectivity index (χ1v) is 11.9. The van der Waals surface area contributed by atoms with Crippen LogP contribution in [0.4, 0.5) is 0 Å². The van der Waals surface area contributed by atoms with Crippen molar-refractivity contribution in [2.45, 2.75) is 32.2 Å². The zero-order chi connectivity index (χ0) is 26.1. The molecule has 1 atom stereocenters. The van der Waals surface area contributed by atoms with Gasteiger partial charge in [0.05, 0.1) is 26.2 Å². The van der Waals surface area contributed by atoms with Crippen LogP contribution in [0.15, 0.2) is 53.5 Å². The zero-order valence-corrected chi connectivity index (χ0v) is 20.9. The lowest BCUT2D eigenvalue weighted by molar-refractivity contribution is -0.140. The number of hydrogen-bond acceptors (Lipinski definition) is 7. The van der Waals surface area contributed by atoms with Crippen LogP contribution in [0.3, 0.4) is 0 Å². The number of ether oxygens (including phenoxy) is 4. The zero-order valence-electron chi connectivity index (χ0n) is 20.9. The SMILES string of the molecule is COC(=O)C[C@H](c1cc(OC)c2c(c1)OCO2)c1c(O)cc(C)n(CCc2c[nH]c3ccccc23)c1=O. The van der Waals surface area contributed by atoms with E-state index in [9.17, 15) is 14.7 Å². The summed E-state index contributed by atoms with van der Waals surface area (Å²) in [4.78, 5) is 29.6. The highest BCUT2D eigenvalue weighted by Crippen LogP contribution is 2.45.